The van der Waals surface area contributed by atoms with Crippen LogP contribution in [0, 0.1) is 12.7 Å². The highest BCUT2D eigenvalue weighted by Crippen LogP contribution is 2.26. The largest absolute Gasteiger partial charge is 0.354 e. The number of carbonyl (C=O) groups excluding carboxylic acids is 1. The van der Waals surface area contributed by atoms with Crippen molar-refractivity contribution < 1.29 is 9.18 Å². The maximum atomic E-state index is 13.6. The standard InChI is InChI=1S/C20H17ClFN3O/c1-13-16(21)6-4-8-18(13)24-15-9-10-19(23-12-15)25-20(26)11-14-5-2-3-7-17(14)22/h2-10,12,24H,11H2,1H3,(H,23,25,26). The van der Waals surface area contributed by atoms with Crippen LogP contribution in [-0.4, -0.2) is 10.9 Å². The number of rotatable bonds is 5. The Kier molecular flexibility index (Phi) is 5.49. The van der Waals surface area contributed by atoms with Gasteiger partial charge >= 0.3 is 0 Å². The number of aromatic nitrogens is 1. The van der Waals surface area contributed by atoms with Gasteiger partial charge in [0.25, 0.3) is 0 Å². The molecule has 3 aromatic rings. The van der Waals surface area contributed by atoms with E-state index < -0.39 is 5.82 Å². The van der Waals surface area contributed by atoms with Crippen molar-refractivity contribution in [3.63, 3.8) is 0 Å². The lowest BCUT2D eigenvalue weighted by Gasteiger charge is -2.11. The van der Waals surface area contributed by atoms with Crippen LogP contribution in [0.1, 0.15) is 11.1 Å². The molecular weight excluding hydrogens is 353 g/mol. The fraction of sp³-hybridized carbons (Fsp3) is 0.100. The number of halogens is 2. The van der Waals surface area contributed by atoms with E-state index in [4.69, 9.17) is 11.6 Å². The molecule has 0 fully saturated rings. The number of hydrogen-bond donors (Lipinski definition) is 2. The van der Waals surface area contributed by atoms with E-state index >= 15 is 0 Å². The maximum Gasteiger partial charge on any atom is 0.230 e. The first-order valence-electron chi connectivity index (χ1n) is 8.04. The lowest BCUT2D eigenvalue weighted by atomic mass is 10.1. The SMILES string of the molecule is Cc1c(Cl)cccc1Nc1ccc(NC(=O)Cc2ccccc2F)nc1. The number of hydrogen-bond acceptors (Lipinski definition) is 3. The van der Waals surface area contributed by atoms with Crippen molar-refractivity contribution in [2.24, 2.45) is 0 Å². The predicted octanol–water partition coefficient (Wildman–Crippen LogP) is 5.11. The van der Waals surface area contributed by atoms with Crippen molar-refractivity contribution in [3.8, 4) is 0 Å². The minimum Gasteiger partial charge on any atom is -0.354 e. The second-order valence-corrected chi connectivity index (χ2v) is 6.19. The zero-order valence-corrected chi connectivity index (χ0v) is 14.8. The van der Waals surface area contributed by atoms with Crippen LogP contribution in [0.3, 0.4) is 0 Å². The van der Waals surface area contributed by atoms with Gasteiger partial charge in [0.1, 0.15) is 11.6 Å². The second kappa shape index (κ2) is 7.97. The molecule has 1 amide bonds. The molecule has 0 aliphatic heterocycles. The van der Waals surface area contributed by atoms with Gasteiger partial charge in [-0.15, -0.1) is 0 Å². The molecule has 132 valence electrons. The van der Waals surface area contributed by atoms with Crippen molar-refractivity contribution in [1.29, 1.82) is 0 Å². The average molecular weight is 370 g/mol. The lowest BCUT2D eigenvalue weighted by Crippen LogP contribution is -2.16. The molecule has 0 bridgehead atoms. The Morgan fingerprint density at radius 1 is 1.12 bits per heavy atom. The zero-order chi connectivity index (χ0) is 18.5. The molecule has 1 heterocycles. The third kappa shape index (κ3) is 4.37. The number of anilines is 3. The summed E-state index contributed by atoms with van der Waals surface area (Å²) < 4.78 is 13.6. The molecule has 3 rings (SSSR count). The summed E-state index contributed by atoms with van der Waals surface area (Å²) in [5.74, 6) is -0.319. The summed E-state index contributed by atoms with van der Waals surface area (Å²) in [7, 11) is 0. The molecule has 2 N–H and O–H groups in total. The van der Waals surface area contributed by atoms with Gasteiger partial charge in [-0.05, 0) is 48.4 Å². The quantitative estimate of drug-likeness (QED) is 0.657. The first-order chi connectivity index (χ1) is 12.5. The normalized spacial score (nSPS) is 10.4. The monoisotopic (exact) mass is 369 g/mol. The molecule has 0 atom stereocenters. The van der Waals surface area contributed by atoms with Gasteiger partial charge < -0.3 is 10.6 Å². The molecule has 0 saturated carbocycles. The summed E-state index contributed by atoms with van der Waals surface area (Å²) in [6.45, 7) is 1.93. The number of nitrogens with one attached hydrogen (secondary N) is 2. The summed E-state index contributed by atoms with van der Waals surface area (Å²) in [6, 6.07) is 15.3. The molecule has 26 heavy (non-hydrogen) atoms. The summed E-state index contributed by atoms with van der Waals surface area (Å²) in [4.78, 5) is 16.3. The predicted molar refractivity (Wildman–Crippen MR) is 102 cm³/mol. The third-order valence-corrected chi connectivity index (χ3v) is 4.30. The smallest absolute Gasteiger partial charge is 0.230 e. The Balaban J connectivity index is 1.63. The fourth-order valence-corrected chi connectivity index (χ4v) is 2.62. The first kappa shape index (κ1) is 17.9. The number of amides is 1. The number of carbonyl (C=O) groups is 1. The van der Waals surface area contributed by atoms with Crippen LogP contribution < -0.4 is 10.6 Å². The van der Waals surface area contributed by atoms with Gasteiger partial charge in [0.2, 0.25) is 5.91 Å². The molecule has 2 aromatic carbocycles. The van der Waals surface area contributed by atoms with Gasteiger partial charge in [0, 0.05) is 10.7 Å². The summed E-state index contributed by atoms with van der Waals surface area (Å²) >= 11 is 6.11. The molecule has 6 heteroatoms. The van der Waals surface area contributed by atoms with Crippen LogP contribution in [0.25, 0.3) is 0 Å². The Hall–Kier alpha value is -2.92. The topological polar surface area (TPSA) is 54.0 Å². The molecule has 0 aliphatic carbocycles. The number of pyridine rings is 1. The molecule has 0 spiro atoms. The molecule has 0 unspecified atom stereocenters. The highest BCUT2D eigenvalue weighted by Gasteiger charge is 2.09. The number of benzene rings is 2. The first-order valence-corrected chi connectivity index (χ1v) is 8.42. The van der Waals surface area contributed by atoms with E-state index in [1.165, 1.54) is 6.07 Å². The molecule has 1 aromatic heterocycles. The van der Waals surface area contributed by atoms with E-state index in [0.717, 1.165) is 16.9 Å². The van der Waals surface area contributed by atoms with Crippen molar-refractivity contribution in [3.05, 3.63) is 82.8 Å². The maximum absolute atomic E-state index is 13.6. The Bertz CT molecular complexity index is 929. The van der Waals surface area contributed by atoms with Crippen LogP contribution in [0.5, 0.6) is 0 Å². The van der Waals surface area contributed by atoms with Crippen LogP contribution >= 0.6 is 11.6 Å². The van der Waals surface area contributed by atoms with Gasteiger partial charge in [-0.1, -0.05) is 35.9 Å². The van der Waals surface area contributed by atoms with Crippen LogP contribution in [0.15, 0.2) is 60.8 Å². The van der Waals surface area contributed by atoms with Gasteiger partial charge in [0.05, 0.1) is 18.3 Å². The molecule has 0 saturated heterocycles. The van der Waals surface area contributed by atoms with Gasteiger partial charge in [0.15, 0.2) is 0 Å². The molecular formula is C20H17ClFN3O. The number of nitrogens with zero attached hydrogens (tertiary/aromatic N) is 1. The van der Waals surface area contributed by atoms with Crippen molar-refractivity contribution >= 4 is 34.7 Å². The van der Waals surface area contributed by atoms with E-state index in [-0.39, 0.29) is 12.3 Å². The Morgan fingerprint density at radius 3 is 2.65 bits per heavy atom. The Morgan fingerprint density at radius 2 is 1.92 bits per heavy atom. The van der Waals surface area contributed by atoms with Crippen LogP contribution in [0.4, 0.5) is 21.6 Å². The minimum atomic E-state index is -0.396. The minimum absolute atomic E-state index is 0.0456. The van der Waals surface area contributed by atoms with Crippen LogP contribution in [0.2, 0.25) is 5.02 Å². The van der Waals surface area contributed by atoms with Gasteiger partial charge in [-0.2, -0.15) is 0 Å². The van der Waals surface area contributed by atoms with Crippen molar-refractivity contribution in [2.75, 3.05) is 10.6 Å². The highest BCUT2D eigenvalue weighted by atomic mass is 35.5. The fourth-order valence-electron chi connectivity index (χ4n) is 2.44. The summed E-state index contributed by atoms with van der Waals surface area (Å²) in [6.07, 6.45) is 1.56. The summed E-state index contributed by atoms with van der Waals surface area (Å²) in [5, 5.41) is 6.58. The van der Waals surface area contributed by atoms with E-state index in [2.05, 4.69) is 15.6 Å². The van der Waals surface area contributed by atoms with E-state index in [9.17, 15) is 9.18 Å². The van der Waals surface area contributed by atoms with E-state index in [1.807, 2.05) is 25.1 Å². The Labute approximate surface area is 156 Å². The highest BCUT2D eigenvalue weighted by molar-refractivity contribution is 6.31. The lowest BCUT2D eigenvalue weighted by molar-refractivity contribution is -0.115. The molecule has 0 radical (unpaired) electrons. The van der Waals surface area contributed by atoms with E-state index in [1.54, 1.807) is 36.5 Å². The third-order valence-electron chi connectivity index (χ3n) is 3.89. The van der Waals surface area contributed by atoms with Crippen molar-refractivity contribution in [2.45, 2.75) is 13.3 Å². The van der Waals surface area contributed by atoms with Crippen LogP contribution in [-0.2, 0) is 11.2 Å². The molecule has 0 aliphatic rings. The van der Waals surface area contributed by atoms with Gasteiger partial charge in [-0.3, -0.25) is 4.79 Å². The van der Waals surface area contributed by atoms with E-state index in [0.29, 0.717) is 16.4 Å². The van der Waals surface area contributed by atoms with Crippen molar-refractivity contribution in [1.82, 2.24) is 4.98 Å². The zero-order valence-electron chi connectivity index (χ0n) is 14.1. The second-order valence-electron chi connectivity index (χ2n) is 5.79. The molecule has 4 nitrogen and oxygen atoms in total. The summed E-state index contributed by atoms with van der Waals surface area (Å²) in [5.41, 5.74) is 2.94. The van der Waals surface area contributed by atoms with Gasteiger partial charge in [-0.25, -0.2) is 9.37 Å². The average Bonchev–Trinajstić information content (AvgIpc) is 2.62.